The molecule has 2 heteroatoms. The van der Waals surface area contributed by atoms with Crippen LogP contribution in [0, 0.1) is 0 Å². The minimum Gasteiger partial charge on any atom is -0.486 e. The smallest absolute Gasteiger partial charge is 0.124 e. The van der Waals surface area contributed by atoms with E-state index in [9.17, 15) is 0 Å². The molecule has 104 valence electrons. The molecule has 0 aromatic heterocycles. The lowest BCUT2D eigenvalue weighted by Crippen LogP contribution is -2.15. The van der Waals surface area contributed by atoms with Gasteiger partial charge in [-0.2, -0.15) is 0 Å². The van der Waals surface area contributed by atoms with E-state index in [1.165, 1.54) is 24.0 Å². The Bertz CT molecular complexity index is 574. The van der Waals surface area contributed by atoms with Crippen LogP contribution in [0.25, 0.3) is 0 Å². The molecule has 3 rings (SSSR count). The molecule has 20 heavy (non-hydrogen) atoms. The first-order valence-corrected chi connectivity index (χ1v) is 7.34. The zero-order valence-electron chi connectivity index (χ0n) is 11.9. The van der Waals surface area contributed by atoms with E-state index in [1.54, 1.807) is 0 Å². The van der Waals surface area contributed by atoms with Crippen LogP contribution in [0.3, 0.4) is 0 Å². The summed E-state index contributed by atoms with van der Waals surface area (Å²) in [5.74, 6) is 0.927. The van der Waals surface area contributed by atoms with Gasteiger partial charge in [-0.25, -0.2) is 0 Å². The minimum atomic E-state index is 0.0689. The molecule has 1 aliphatic rings. The molecule has 2 aromatic carbocycles. The Labute approximate surface area is 120 Å². The first-order chi connectivity index (χ1) is 9.74. The van der Waals surface area contributed by atoms with E-state index in [0.29, 0.717) is 0 Å². The highest BCUT2D eigenvalue weighted by atomic mass is 16.5. The van der Waals surface area contributed by atoms with Gasteiger partial charge in [0.2, 0.25) is 0 Å². The summed E-state index contributed by atoms with van der Waals surface area (Å²) in [7, 11) is 0. The molecular formula is C18H21NO. The number of nitrogens with two attached hydrogens (primary N) is 1. The number of aryl methyl sites for hydroxylation is 1. The Morgan fingerprint density at radius 1 is 1.10 bits per heavy atom. The van der Waals surface area contributed by atoms with Crippen LogP contribution >= 0.6 is 0 Å². The summed E-state index contributed by atoms with van der Waals surface area (Å²) in [5.41, 5.74) is 9.78. The van der Waals surface area contributed by atoms with Crippen molar-refractivity contribution < 1.29 is 4.74 Å². The van der Waals surface area contributed by atoms with Crippen LogP contribution in [-0.2, 0) is 6.42 Å². The Kier molecular flexibility index (Phi) is 3.75. The summed E-state index contributed by atoms with van der Waals surface area (Å²) >= 11 is 0. The number of ether oxygens (including phenoxy) is 1. The van der Waals surface area contributed by atoms with Crippen LogP contribution in [0.4, 0.5) is 0 Å². The Morgan fingerprint density at radius 2 is 1.85 bits per heavy atom. The zero-order valence-corrected chi connectivity index (χ0v) is 11.9. The highest BCUT2D eigenvalue weighted by Crippen LogP contribution is 2.33. The molecule has 2 aromatic rings. The third-order valence-electron chi connectivity index (χ3n) is 4.00. The molecule has 0 aliphatic heterocycles. The van der Waals surface area contributed by atoms with Crippen LogP contribution < -0.4 is 10.5 Å². The molecule has 0 fully saturated rings. The second-order valence-electron chi connectivity index (χ2n) is 5.56. The molecule has 0 saturated heterocycles. The molecule has 0 saturated carbocycles. The molecule has 0 bridgehead atoms. The van der Waals surface area contributed by atoms with Gasteiger partial charge in [-0.3, -0.25) is 0 Å². The molecule has 2 nitrogen and oxygen atoms in total. The summed E-state index contributed by atoms with van der Waals surface area (Å²) in [6, 6.07) is 16.8. The first kappa shape index (κ1) is 13.2. The van der Waals surface area contributed by atoms with Crippen LogP contribution in [0.1, 0.15) is 48.6 Å². The molecule has 0 radical (unpaired) electrons. The van der Waals surface area contributed by atoms with Crippen LogP contribution in [-0.4, -0.2) is 0 Å². The standard InChI is InChI=1S/C18H21NO/c1-13(19)14-9-11-16(12-10-14)20-18-8-4-6-15-5-2-3-7-17(15)18/h2-3,5,7,9-13,18H,4,6,8,19H2,1H3/t13-,18?/m1/s1. The van der Waals surface area contributed by atoms with E-state index >= 15 is 0 Å². The predicted molar refractivity (Wildman–Crippen MR) is 81.8 cm³/mol. The van der Waals surface area contributed by atoms with Gasteiger partial charge in [0.1, 0.15) is 11.9 Å². The van der Waals surface area contributed by atoms with Crippen molar-refractivity contribution in [2.45, 2.75) is 38.3 Å². The third kappa shape index (κ3) is 2.70. The fourth-order valence-electron chi connectivity index (χ4n) is 2.85. The van der Waals surface area contributed by atoms with E-state index in [-0.39, 0.29) is 12.1 Å². The van der Waals surface area contributed by atoms with Crippen molar-refractivity contribution in [2.24, 2.45) is 5.73 Å². The minimum absolute atomic E-state index is 0.0689. The van der Waals surface area contributed by atoms with Crippen molar-refractivity contribution in [3.63, 3.8) is 0 Å². The maximum Gasteiger partial charge on any atom is 0.124 e. The molecule has 2 atom stereocenters. The molecule has 0 amide bonds. The van der Waals surface area contributed by atoms with Crippen LogP contribution in [0.15, 0.2) is 48.5 Å². The van der Waals surface area contributed by atoms with Gasteiger partial charge >= 0.3 is 0 Å². The van der Waals surface area contributed by atoms with Gasteiger partial charge in [0.05, 0.1) is 0 Å². The third-order valence-corrected chi connectivity index (χ3v) is 4.00. The monoisotopic (exact) mass is 267 g/mol. The highest BCUT2D eigenvalue weighted by molar-refractivity contribution is 5.34. The molecule has 1 unspecified atom stereocenters. The van der Waals surface area contributed by atoms with Crippen molar-refractivity contribution in [3.05, 3.63) is 65.2 Å². The predicted octanol–water partition coefficient (Wildman–Crippen LogP) is 4.16. The van der Waals surface area contributed by atoms with E-state index in [2.05, 4.69) is 36.4 Å². The lowest BCUT2D eigenvalue weighted by Gasteiger charge is -2.26. The van der Waals surface area contributed by atoms with Gasteiger partial charge in [-0.1, -0.05) is 36.4 Å². The van der Waals surface area contributed by atoms with E-state index in [1.807, 2.05) is 19.1 Å². The Morgan fingerprint density at radius 3 is 2.60 bits per heavy atom. The van der Waals surface area contributed by atoms with Crippen molar-refractivity contribution in [1.82, 2.24) is 0 Å². The molecule has 2 N–H and O–H groups in total. The Balaban J connectivity index is 1.78. The maximum absolute atomic E-state index is 6.18. The Hall–Kier alpha value is -1.80. The largest absolute Gasteiger partial charge is 0.486 e. The SMILES string of the molecule is C[C@@H](N)c1ccc(OC2CCCc3ccccc32)cc1. The highest BCUT2D eigenvalue weighted by Gasteiger charge is 2.21. The van der Waals surface area contributed by atoms with Gasteiger partial charge in [-0.05, 0) is 55.0 Å². The molecule has 0 spiro atoms. The number of rotatable bonds is 3. The van der Waals surface area contributed by atoms with Gasteiger partial charge in [0.15, 0.2) is 0 Å². The fraction of sp³-hybridized carbons (Fsp3) is 0.333. The maximum atomic E-state index is 6.18. The molecule has 0 heterocycles. The summed E-state index contributed by atoms with van der Waals surface area (Å²) in [6.07, 6.45) is 3.63. The lowest BCUT2D eigenvalue weighted by molar-refractivity contribution is 0.183. The normalized spacial score (nSPS) is 19.2. The number of fused-ring (bicyclic) bond motifs is 1. The number of hydrogen-bond donors (Lipinski definition) is 1. The van der Waals surface area contributed by atoms with Gasteiger partial charge in [0, 0.05) is 6.04 Å². The number of benzene rings is 2. The van der Waals surface area contributed by atoms with Crippen molar-refractivity contribution in [1.29, 1.82) is 0 Å². The van der Waals surface area contributed by atoms with Gasteiger partial charge in [0.25, 0.3) is 0 Å². The first-order valence-electron chi connectivity index (χ1n) is 7.34. The quantitative estimate of drug-likeness (QED) is 0.906. The average Bonchev–Trinajstić information content (AvgIpc) is 2.48. The van der Waals surface area contributed by atoms with Crippen LogP contribution in [0.5, 0.6) is 5.75 Å². The van der Waals surface area contributed by atoms with Gasteiger partial charge < -0.3 is 10.5 Å². The molecule has 1 aliphatic carbocycles. The zero-order chi connectivity index (χ0) is 13.9. The summed E-state index contributed by atoms with van der Waals surface area (Å²) in [5, 5.41) is 0. The van der Waals surface area contributed by atoms with E-state index in [4.69, 9.17) is 10.5 Å². The van der Waals surface area contributed by atoms with E-state index in [0.717, 1.165) is 17.7 Å². The topological polar surface area (TPSA) is 35.2 Å². The lowest BCUT2D eigenvalue weighted by atomic mass is 9.89. The second-order valence-corrected chi connectivity index (χ2v) is 5.56. The van der Waals surface area contributed by atoms with Gasteiger partial charge in [-0.15, -0.1) is 0 Å². The summed E-state index contributed by atoms with van der Waals surface area (Å²) < 4.78 is 6.18. The average molecular weight is 267 g/mol. The number of hydrogen-bond acceptors (Lipinski definition) is 2. The molecular weight excluding hydrogens is 246 g/mol. The van der Waals surface area contributed by atoms with Crippen LogP contribution in [0.2, 0.25) is 0 Å². The summed E-state index contributed by atoms with van der Waals surface area (Å²) in [6.45, 7) is 1.99. The summed E-state index contributed by atoms with van der Waals surface area (Å²) in [4.78, 5) is 0. The second kappa shape index (κ2) is 5.68. The van der Waals surface area contributed by atoms with Crippen molar-refractivity contribution in [2.75, 3.05) is 0 Å². The fourth-order valence-corrected chi connectivity index (χ4v) is 2.85. The van der Waals surface area contributed by atoms with E-state index < -0.39 is 0 Å². The van der Waals surface area contributed by atoms with Crippen molar-refractivity contribution >= 4 is 0 Å². The van der Waals surface area contributed by atoms with Crippen molar-refractivity contribution in [3.8, 4) is 5.75 Å².